The Labute approximate surface area is 117 Å². The van der Waals surface area contributed by atoms with E-state index in [4.69, 9.17) is 16.7 Å². The number of hydrogen-bond donors (Lipinski definition) is 1. The molecule has 0 atom stereocenters. The highest BCUT2D eigenvalue weighted by atomic mass is 35.5. The van der Waals surface area contributed by atoms with Gasteiger partial charge in [0.25, 0.3) is 5.69 Å². The van der Waals surface area contributed by atoms with Crippen molar-refractivity contribution in [1.82, 2.24) is 4.90 Å². The van der Waals surface area contributed by atoms with Gasteiger partial charge in [0.1, 0.15) is 5.02 Å². The Kier molecular flexibility index (Phi) is 6.77. The van der Waals surface area contributed by atoms with E-state index in [0.717, 1.165) is 24.9 Å². The first-order chi connectivity index (χ1) is 9.08. The predicted octanol–water partition coefficient (Wildman–Crippen LogP) is 2.84. The van der Waals surface area contributed by atoms with Gasteiger partial charge in [-0.25, -0.2) is 0 Å². The lowest BCUT2D eigenvalue weighted by Gasteiger charge is -2.21. The topological polar surface area (TPSA) is 66.6 Å². The van der Waals surface area contributed by atoms with Gasteiger partial charge >= 0.3 is 0 Å². The molecule has 0 fully saturated rings. The van der Waals surface area contributed by atoms with Gasteiger partial charge in [0.05, 0.1) is 11.5 Å². The molecular formula is C13H19ClN2O3. The summed E-state index contributed by atoms with van der Waals surface area (Å²) in [6, 6.07) is 4.83. The number of rotatable bonds is 8. The number of nitro benzene ring substituents is 1. The highest BCUT2D eigenvalue weighted by Crippen LogP contribution is 2.25. The third-order valence-corrected chi connectivity index (χ3v) is 3.18. The number of nitro groups is 1. The fourth-order valence-electron chi connectivity index (χ4n) is 1.85. The third kappa shape index (κ3) is 5.14. The van der Waals surface area contributed by atoms with Crippen molar-refractivity contribution in [2.45, 2.75) is 26.3 Å². The molecule has 106 valence electrons. The maximum absolute atomic E-state index is 10.8. The van der Waals surface area contributed by atoms with Gasteiger partial charge < -0.3 is 5.11 Å². The molecular weight excluding hydrogens is 268 g/mol. The molecule has 0 aliphatic heterocycles. The monoisotopic (exact) mass is 286 g/mol. The maximum Gasteiger partial charge on any atom is 0.288 e. The molecule has 0 amide bonds. The highest BCUT2D eigenvalue weighted by molar-refractivity contribution is 6.32. The number of hydrogen-bond acceptors (Lipinski definition) is 4. The molecule has 1 N–H and O–H groups in total. The number of aliphatic hydroxyl groups is 1. The smallest absolute Gasteiger partial charge is 0.288 e. The van der Waals surface area contributed by atoms with E-state index in [2.05, 4.69) is 11.8 Å². The fourth-order valence-corrected chi connectivity index (χ4v) is 2.03. The quantitative estimate of drug-likeness (QED) is 0.589. The molecule has 1 rings (SSSR count). The molecule has 0 unspecified atom stereocenters. The highest BCUT2D eigenvalue weighted by Gasteiger charge is 2.14. The number of benzene rings is 1. The van der Waals surface area contributed by atoms with E-state index in [-0.39, 0.29) is 17.3 Å². The standard InChI is InChI=1S/C13H19ClN2O3/c1-2-3-6-15(7-8-17)10-11-4-5-12(14)13(9-11)16(18)19/h4-5,9,17H,2-3,6-8,10H2,1H3. The van der Waals surface area contributed by atoms with Gasteiger partial charge in [0, 0.05) is 19.2 Å². The first-order valence-electron chi connectivity index (χ1n) is 6.34. The summed E-state index contributed by atoms with van der Waals surface area (Å²) in [7, 11) is 0. The van der Waals surface area contributed by atoms with E-state index in [1.807, 2.05) is 0 Å². The van der Waals surface area contributed by atoms with Gasteiger partial charge in [-0.15, -0.1) is 0 Å². The van der Waals surface area contributed by atoms with Crippen molar-refractivity contribution in [3.63, 3.8) is 0 Å². The molecule has 6 heteroatoms. The Balaban J connectivity index is 2.78. The SMILES string of the molecule is CCCCN(CCO)Cc1ccc(Cl)c([N+](=O)[O-])c1. The fraction of sp³-hybridized carbons (Fsp3) is 0.538. The molecule has 0 bridgehead atoms. The zero-order valence-electron chi connectivity index (χ0n) is 11.0. The predicted molar refractivity (Wildman–Crippen MR) is 75.4 cm³/mol. The summed E-state index contributed by atoms with van der Waals surface area (Å²) in [6.07, 6.45) is 2.11. The summed E-state index contributed by atoms with van der Waals surface area (Å²) in [6.45, 7) is 4.20. The minimum atomic E-state index is -0.478. The minimum absolute atomic E-state index is 0.0707. The van der Waals surface area contributed by atoms with Crippen molar-refractivity contribution < 1.29 is 10.0 Å². The van der Waals surface area contributed by atoms with Crippen LogP contribution >= 0.6 is 11.6 Å². The van der Waals surface area contributed by atoms with E-state index in [1.165, 1.54) is 6.07 Å². The molecule has 1 aromatic carbocycles. The van der Waals surface area contributed by atoms with Crippen molar-refractivity contribution in [3.05, 3.63) is 38.9 Å². The summed E-state index contributed by atoms with van der Waals surface area (Å²) in [5.41, 5.74) is 0.763. The lowest BCUT2D eigenvalue weighted by atomic mass is 10.2. The summed E-state index contributed by atoms with van der Waals surface area (Å²) < 4.78 is 0. The average Bonchev–Trinajstić information content (AvgIpc) is 2.38. The van der Waals surface area contributed by atoms with Crippen molar-refractivity contribution in [2.24, 2.45) is 0 Å². The van der Waals surface area contributed by atoms with Crippen LogP contribution < -0.4 is 0 Å². The molecule has 0 saturated carbocycles. The van der Waals surface area contributed by atoms with Crippen LogP contribution in [0.4, 0.5) is 5.69 Å². The Bertz CT molecular complexity index is 426. The van der Waals surface area contributed by atoms with E-state index < -0.39 is 4.92 Å². The lowest BCUT2D eigenvalue weighted by Crippen LogP contribution is -2.27. The molecule has 0 aliphatic carbocycles. The van der Waals surface area contributed by atoms with Crippen LogP contribution in [0.2, 0.25) is 5.02 Å². The van der Waals surface area contributed by atoms with Gasteiger partial charge in [0.2, 0.25) is 0 Å². The van der Waals surface area contributed by atoms with Crippen LogP contribution in [-0.2, 0) is 6.54 Å². The van der Waals surface area contributed by atoms with Crippen LogP contribution in [0.5, 0.6) is 0 Å². The number of nitrogens with zero attached hydrogens (tertiary/aromatic N) is 2. The zero-order chi connectivity index (χ0) is 14.3. The molecule has 1 aromatic rings. The van der Waals surface area contributed by atoms with Crippen molar-refractivity contribution in [1.29, 1.82) is 0 Å². The van der Waals surface area contributed by atoms with Crippen molar-refractivity contribution in [2.75, 3.05) is 19.7 Å². The maximum atomic E-state index is 10.8. The molecule has 0 spiro atoms. The number of halogens is 1. The Hall–Kier alpha value is -1.17. The normalized spacial score (nSPS) is 10.9. The van der Waals surface area contributed by atoms with Crippen LogP contribution in [-0.4, -0.2) is 34.6 Å². The van der Waals surface area contributed by atoms with Gasteiger partial charge in [-0.2, -0.15) is 0 Å². The molecule has 0 radical (unpaired) electrons. The molecule has 0 aromatic heterocycles. The number of aliphatic hydroxyl groups excluding tert-OH is 1. The third-order valence-electron chi connectivity index (χ3n) is 2.86. The van der Waals surface area contributed by atoms with E-state index in [9.17, 15) is 10.1 Å². The Morgan fingerprint density at radius 2 is 2.16 bits per heavy atom. The Morgan fingerprint density at radius 1 is 1.42 bits per heavy atom. The van der Waals surface area contributed by atoms with Crippen LogP contribution in [0, 0.1) is 10.1 Å². The summed E-state index contributed by atoms with van der Waals surface area (Å²) in [5.74, 6) is 0. The van der Waals surface area contributed by atoms with Gasteiger partial charge in [-0.05, 0) is 24.6 Å². The second-order valence-corrected chi connectivity index (χ2v) is 4.80. The molecule has 0 saturated heterocycles. The van der Waals surface area contributed by atoms with Gasteiger partial charge in [0.15, 0.2) is 0 Å². The first-order valence-corrected chi connectivity index (χ1v) is 6.72. The van der Waals surface area contributed by atoms with Crippen LogP contribution in [0.1, 0.15) is 25.3 Å². The summed E-state index contributed by atoms with van der Waals surface area (Å²) in [4.78, 5) is 12.4. The zero-order valence-corrected chi connectivity index (χ0v) is 11.8. The van der Waals surface area contributed by atoms with Gasteiger partial charge in [-0.3, -0.25) is 15.0 Å². The second kappa shape index (κ2) is 8.09. The lowest BCUT2D eigenvalue weighted by molar-refractivity contribution is -0.384. The van der Waals surface area contributed by atoms with Crippen LogP contribution in [0.15, 0.2) is 18.2 Å². The summed E-state index contributed by atoms with van der Waals surface area (Å²) >= 11 is 5.78. The molecule has 5 nitrogen and oxygen atoms in total. The van der Waals surface area contributed by atoms with Gasteiger partial charge in [-0.1, -0.05) is 31.0 Å². The first kappa shape index (κ1) is 15.9. The van der Waals surface area contributed by atoms with Crippen LogP contribution in [0.3, 0.4) is 0 Å². The molecule has 0 heterocycles. The van der Waals surface area contributed by atoms with Crippen molar-refractivity contribution >= 4 is 17.3 Å². The van der Waals surface area contributed by atoms with E-state index >= 15 is 0 Å². The Morgan fingerprint density at radius 3 is 2.74 bits per heavy atom. The largest absolute Gasteiger partial charge is 0.395 e. The van der Waals surface area contributed by atoms with Crippen molar-refractivity contribution in [3.8, 4) is 0 Å². The minimum Gasteiger partial charge on any atom is -0.395 e. The second-order valence-electron chi connectivity index (χ2n) is 4.40. The average molecular weight is 287 g/mol. The van der Waals surface area contributed by atoms with Crippen LogP contribution in [0.25, 0.3) is 0 Å². The number of unbranched alkanes of at least 4 members (excludes halogenated alkanes) is 1. The molecule has 0 aliphatic rings. The van der Waals surface area contributed by atoms with E-state index in [1.54, 1.807) is 12.1 Å². The van der Waals surface area contributed by atoms with E-state index in [0.29, 0.717) is 13.1 Å². The summed E-state index contributed by atoms with van der Waals surface area (Å²) in [5, 5.41) is 20.0. The molecule has 19 heavy (non-hydrogen) atoms.